The van der Waals surface area contributed by atoms with Crippen molar-refractivity contribution in [3.8, 4) is 61.3 Å². The Labute approximate surface area is 481 Å². The number of hydrogen-bond donors (Lipinski definition) is 0. The van der Waals surface area contributed by atoms with Crippen LogP contribution >= 0.6 is 11.3 Å². The van der Waals surface area contributed by atoms with Crippen LogP contribution in [0.5, 0.6) is 0 Å². The predicted molar refractivity (Wildman–Crippen MR) is 350 cm³/mol. The average molecular weight is 1060 g/mol. The van der Waals surface area contributed by atoms with Crippen LogP contribution in [0.4, 0.5) is 34.1 Å². The van der Waals surface area contributed by atoms with E-state index in [1.807, 2.05) is 11.3 Å². The van der Waals surface area contributed by atoms with Gasteiger partial charge in [0.25, 0.3) is 0 Å². The summed E-state index contributed by atoms with van der Waals surface area (Å²) in [6, 6.07) is 117. The van der Waals surface area contributed by atoms with Crippen molar-refractivity contribution in [3.63, 3.8) is 0 Å². The molecule has 15 aromatic rings. The molecule has 2 heterocycles. The highest BCUT2D eigenvalue weighted by molar-refractivity contribution is 7.26. The summed E-state index contributed by atoms with van der Waals surface area (Å²) in [6.45, 7) is 0. The van der Waals surface area contributed by atoms with E-state index in [4.69, 9.17) is 0 Å². The van der Waals surface area contributed by atoms with Crippen molar-refractivity contribution >= 4 is 87.4 Å². The van der Waals surface area contributed by atoms with Gasteiger partial charge in [-0.05, 0) is 153 Å². The van der Waals surface area contributed by atoms with Gasteiger partial charge in [-0.1, -0.05) is 224 Å². The molecule has 0 fully saturated rings. The van der Waals surface area contributed by atoms with E-state index in [9.17, 15) is 0 Å². The van der Waals surface area contributed by atoms with E-state index in [1.54, 1.807) is 0 Å². The third-order valence-electron chi connectivity index (χ3n) is 16.0. The highest BCUT2D eigenvalue weighted by Gasteiger charge is 2.23. The molecule has 0 bridgehead atoms. The van der Waals surface area contributed by atoms with Crippen molar-refractivity contribution in [3.05, 3.63) is 322 Å². The summed E-state index contributed by atoms with van der Waals surface area (Å²) in [6.07, 6.45) is 0. The zero-order valence-corrected chi connectivity index (χ0v) is 45.7. The van der Waals surface area contributed by atoms with Gasteiger partial charge in [0.05, 0.1) is 11.0 Å². The molecule has 0 unspecified atom stereocenters. The Hall–Kier alpha value is -10.5. The van der Waals surface area contributed by atoms with Crippen LogP contribution in [0.25, 0.3) is 103 Å². The second kappa shape index (κ2) is 20.9. The molecule has 13 aromatic carbocycles. The quantitative estimate of drug-likeness (QED) is 0.121. The first-order valence-corrected chi connectivity index (χ1v) is 28.8. The van der Waals surface area contributed by atoms with E-state index >= 15 is 0 Å². The molecule has 0 radical (unpaired) electrons. The van der Waals surface area contributed by atoms with Crippen LogP contribution in [0.2, 0.25) is 0 Å². The van der Waals surface area contributed by atoms with Gasteiger partial charge in [-0.3, -0.25) is 0 Å². The largest absolute Gasteiger partial charge is 0.310 e. The van der Waals surface area contributed by atoms with E-state index in [-0.39, 0.29) is 0 Å². The van der Waals surface area contributed by atoms with Crippen molar-refractivity contribution in [1.29, 1.82) is 0 Å². The number of aromatic nitrogens is 1. The molecular formula is C78H53N3S. The maximum absolute atomic E-state index is 2.46. The minimum Gasteiger partial charge on any atom is -0.310 e. The standard InChI is InChI=1S/C78H53N3S/c1-6-18-54(19-7-1)58-30-39-65(40-31-58)79(66-41-32-59(33-42-66)55-20-8-2-9-21-55)69-50-63(62-38-47-73-75(52-62)81(64-26-14-5-15-27-64)74-49-48-72-71-28-16-17-29-76(71)82-78(72)77(73)74)51-70(53-69)80(67-43-34-60(35-44-67)56-22-10-3-11-23-56)68-45-36-61(37-46-68)57-24-12-4-13-25-57/h1-53H. The first-order chi connectivity index (χ1) is 40.6. The molecule has 2 aromatic heterocycles. The maximum atomic E-state index is 2.46. The fraction of sp³-hybridized carbons (Fsp3) is 0. The van der Waals surface area contributed by atoms with Crippen LogP contribution in [-0.2, 0) is 0 Å². The molecule has 0 saturated heterocycles. The molecule has 0 aliphatic carbocycles. The Morgan fingerprint density at radius 2 is 0.598 bits per heavy atom. The number of thiophene rings is 1. The van der Waals surface area contributed by atoms with Crippen molar-refractivity contribution in [2.24, 2.45) is 0 Å². The first kappa shape index (κ1) is 48.6. The summed E-state index contributed by atoms with van der Waals surface area (Å²) >= 11 is 1.89. The number of hydrogen-bond acceptors (Lipinski definition) is 3. The maximum Gasteiger partial charge on any atom is 0.0555 e. The molecule has 15 rings (SSSR count). The molecule has 0 aliphatic rings. The highest BCUT2D eigenvalue weighted by Crippen LogP contribution is 2.48. The zero-order valence-electron chi connectivity index (χ0n) is 44.8. The molecule has 0 N–H and O–H groups in total. The Kier molecular flexibility index (Phi) is 12.4. The fourth-order valence-corrected chi connectivity index (χ4v) is 13.2. The van der Waals surface area contributed by atoms with Gasteiger partial charge in [0, 0.05) is 70.8 Å². The number of para-hydroxylation sites is 1. The van der Waals surface area contributed by atoms with E-state index in [2.05, 4.69) is 336 Å². The summed E-state index contributed by atoms with van der Waals surface area (Å²) in [5.74, 6) is 0. The van der Waals surface area contributed by atoms with Crippen LogP contribution in [0.1, 0.15) is 0 Å². The lowest BCUT2D eigenvalue weighted by molar-refractivity contribution is 1.18. The van der Waals surface area contributed by atoms with Gasteiger partial charge in [-0.25, -0.2) is 0 Å². The third kappa shape index (κ3) is 8.98. The molecule has 386 valence electrons. The number of fused-ring (bicyclic) bond motifs is 7. The van der Waals surface area contributed by atoms with E-state index in [1.165, 1.54) is 58.7 Å². The Morgan fingerprint density at radius 3 is 1.04 bits per heavy atom. The smallest absolute Gasteiger partial charge is 0.0555 e. The summed E-state index contributed by atoms with van der Waals surface area (Å²) in [5, 5.41) is 5.11. The monoisotopic (exact) mass is 1060 g/mol. The van der Waals surface area contributed by atoms with Crippen LogP contribution in [0.3, 0.4) is 0 Å². The van der Waals surface area contributed by atoms with Gasteiger partial charge in [0.15, 0.2) is 0 Å². The summed E-state index contributed by atoms with van der Waals surface area (Å²) in [7, 11) is 0. The topological polar surface area (TPSA) is 11.4 Å². The number of nitrogens with zero attached hydrogens (tertiary/aromatic N) is 3. The number of anilines is 6. The lowest BCUT2D eigenvalue weighted by Gasteiger charge is -2.31. The van der Waals surface area contributed by atoms with Crippen molar-refractivity contribution in [2.45, 2.75) is 0 Å². The zero-order chi connectivity index (χ0) is 54.3. The Bertz CT molecular complexity index is 4370. The van der Waals surface area contributed by atoms with Crippen LogP contribution in [0, 0.1) is 0 Å². The first-order valence-electron chi connectivity index (χ1n) is 28.0. The van der Waals surface area contributed by atoms with E-state index < -0.39 is 0 Å². The number of rotatable bonds is 12. The van der Waals surface area contributed by atoms with Gasteiger partial charge >= 0.3 is 0 Å². The summed E-state index contributed by atoms with van der Waals surface area (Å²) in [4.78, 5) is 4.84. The molecule has 3 nitrogen and oxygen atoms in total. The van der Waals surface area contributed by atoms with Crippen LogP contribution < -0.4 is 9.80 Å². The molecule has 0 spiro atoms. The second-order valence-electron chi connectivity index (χ2n) is 20.9. The van der Waals surface area contributed by atoms with Crippen LogP contribution in [0.15, 0.2) is 322 Å². The molecule has 4 heteroatoms. The van der Waals surface area contributed by atoms with Gasteiger partial charge in [0.1, 0.15) is 0 Å². The van der Waals surface area contributed by atoms with Gasteiger partial charge < -0.3 is 14.4 Å². The van der Waals surface area contributed by atoms with Crippen molar-refractivity contribution in [1.82, 2.24) is 4.57 Å². The molecular weight excluding hydrogens is 1010 g/mol. The van der Waals surface area contributed by atoms with Crippen molar-refractivity contribution in [2.75, 3.05) is 9.80 Å². The molecule has 0 saturated carbocycles. The van der Waals surface area contributed by atoms with E-state index in [0.717, 1.165) is 78.7 Å². The molecule has 82 heavy (non-hydrogen) atoms. The third-order valence-corrected chi connectivity index (χ3v) is 17.2. The van der Waals surface area contributed by atoms with Crippen molar-refractivity contribution < 1.29 is 0 Å². The lowest BCUT2D eigenvalue weighted by atomic mass is 9.99. The molecule has 0 atom stereocenters. The Balaban J connectivity index is 0.977. The van der Waals surface area contributed by atoms with Gasteiger partial charge in [0.2, 0.25) is 0 Å². The highest BCUT2D eigenvalue weighted by atomic mass is 32.1. The summed E-state index contributed by atoms with van der Waals surface area (Å²) < 4.78 is 5.08. The minimum absolute atomic E-state index is 1.02. The molecule has 0 aliphatic heterocycles. The SMILES string of the molecule is c1ccc(-c2ccc(N(c3ccc(-c4ccccc4)cc3)c3cc(-c4ccc5c6c7sc8ccccc8c7ccc6n(-c6ccccc6)c5c4)cc(N(c4ccc(-c5ccccc5)cc4)c4ccc(-c5ccccc5)cc4)c3)cc2)cc1. The Morgan fingerprint density at radius 1 is 0.232 bits per heavy atom. The van der Waals surface area contributed by atoms with Gasteiger partial charge in [-0.15, -0.1) is 11.3 Å². The predicted octanol–water partition coefficient (Wildman–Crippen LogP) is 22.4. The number of benzene rings is 13. The normalized spacial score (nSPS) is 11.4. The minimum atomic E-state index is 1.02. The fourth-order valence-electron chi connectivity index (χ4n) is 12.0. The lowest BCUT2D eigenvalue weighted by Crippen LogP contribution is -2.13. The van der Waals surface area contributed by atoms with Gasteiger partial charge in [-0.2, -0.15) is 0 Å². The van der Waals surface area contributed by atoms with E-state index in [0.29, 0.717) is 0 Å². The van der Waals surface area contributed by atoms with Crippen LogP contribution in [-0.4, -0.2) is 4.57 Å². The average Bonchev–Trinajstić information content (AvgIpc) is 4.25. The summed E-state index contributed by atoms with van der Waals surface area (Å²) in [5.41, 5.74) is 21.3. The second-order valence-corrected chi connectivity index (χ2v) is 22.0. The molecule has 0 amide bonds.